The Hall–Kier alpha value is -4.61. The lowest BCUT2D eigenvalue weighted by atomic mass is 9.99. The Bertz CT molecular complexity index is 1660. The molecule has 0 aliphatic heterocycles. The summed E-state index contributed by atoms with van der Waals surface area (Å²) in [5.41, 5.74) is 16.3. The van der Waals surface area contributed by atoms with Crippen LogP contribution in [0.25, 0.3) is 43.8 Å². The maximum atomic E-state index is 14.3. The largest absolute Gasteiger partial charge is 0.463 e. The zero-order valence-electron chi connectivity index (χ0n) is 20.3. The molecular formula is C27H20N6O3S2. The predicted octanol–water partition coefficient (Wildman–Crippen LogP) is 6.26. The molecule has 0 bridgehead atoms. The summed E-state index contributed by atoms with van der Waals surface area (Å²) in [5, 5.41) is 0.700. The van der Waals surface area contributed by atoms with Crippen LogP contribution in [0.15, 0.2) is 69.9 Å². The number of carbonyl (C=O) groups excluding carboxylic acids is 1. The number of ketones is 1. The number of rotatable bonds is 6. The minimum absolute atomic E-state index is 0.234. The third-order valence-corrected chi connectivity index (χ3v) is 7.62. The summed E-state index contributed by atoms with van der Waals surface area (Å²) < 4.78 is 11.2. The van der Waals surface area contributed by atoms with Gasteiger partial charge < -0.3 is 20.3 Å². The Labute approximate surface area is 224 Å². The quantitative estimate of drug-likeness (QED) is 0.234. The second-order valence-electron chi connectivity index (χ2n) is 8.44. The van der Waals surface area contributed by atoms with Crippen LogP contribution in [0, 0.1) is 13.8 Å². The van der Waals surface area contributed by atoms with E-state index in [9.17, 15) is 4.79 Å². The molecule has 0 amide bonds. The summed E-state index contributed by atoms with van der Waals surface area (Å²) in [6.07, 6.45) is 3.13. The first-order valence-electron chi connectivity index (χ1n) is 11.5. The predicted molar refractivity (Wildman–Crippen MR) is 148 cm³/mol. The van der Waals surface area contributed by atoms with Gasteiger partial charge in [-0.25, -0.2) is 19.9 Å². The summed E-state index contributed by atoms with van der Waals surface area (Å²) in [6, 6.07) is 14.5. The Balaban J connectivity index is 1.54. The minimum Gasteiger partial charge on any atom is -0.463 e. The summed E-state index contributed by atoms with van der Waals surface area (Å²) in [7, 11) is 0. The van der Waals surface area contributed by atoms with Crippen molar-refractivity contribution in [3.8, 4) is 43.8 Å². The van der Waals surface area contributed by atoms with Crippen molar-refractivity contribution in [2.75, 3.05) is 11.5 Å². The molecule has 0 aromatic carbocycles. The first-order valence-corrected chi connectivity index (χ1v) is 13.1. The lowest BCUT2D eigenvalue weighted by Gasteiger charge is -2.12. The number of aryl methyl sites for hydroxylation is 2. The number of hydrogen-bond donors (Lipinski definition) is 2. The van der Waals surface area contributed by atoms with E-state index in [1.165, 1.54) is 22.7 Å². The molecule has 0 fully saturated rings. The van der Waals surface area contributed by atoms with Crippen molar-refractivity contribution >= 4 is 38.7 Å². The van der Waals surface area contributed by atoms with Crippen LogP contribution < -0.4 is 11.5 Å². The van der Waals surface area contributed by atoms with Crippen LogP contribution in [0.4, 0.5) is 10.3 Å². The van der Waals surface area contributed by atoms with Crippen LogP contribution >= 0.6 is 22.7 Å². The van der Waals surface area contributed by atoms with E-state index in [0.29, 0.717) is 65.4 Å². The molecule has 6 aromatic rings. The highest BCUT2D eigenvalue weighted by Crippen LogP contribution is 2.42. The molecule has 38 heavy (non-hydrogen) atoms. The summed E-state index contributed by atoms with van der Waals surface area (Å²) in [4.78, 5) is 33.9. The third-order valence-electron chi connectivity index (χ3n) is 5.78. The zero-order valence-corrected chi connectivity index (χ0v) is 21.9. The number of nitrogens with zero attached hydrogens (tertiary/aromatic N) is 4. The van der Waals surface area contributed by atoms with Gasteiger partial charge in [-0.3, -0.25) is 4.79 Å². The van der Waals surface area contributed by atoms with E-state index in [1.807, 2.05) is 38.1 Å². The molecule has 0 aliphatic carbocycles. The average Bonchev–Trinajstić information content (AvgIpc) is 3.70. The lowest BCUT2D eigenvalue weighted by molar-refractivity contribution is 0.103. The topological polar surface area (TPSA) is 147 Å². The number of thiazole rings is 2. The van der Waals surface area contributed by atoms with Crippen molar-refractivity contribution in [1.82, 2.24) is 19.9 Å². The van der Waals surface area contributed by atoms with E-state index < -0.39 is 0 Å². The second-order valence-corrected chi connectivity index (χ2v) is 10.5. The van der Waals surface area contributed by atoms with Crippen LogP contribution in [0.2, 0.25) is 0 Å². The van der Waals surface area contributed by atoms with E-state index in [0.717, 1.165) is 0 Å². The van der Waals surface area contributed by atoms with E-state index in [1.54, 1.807) is 36.8 Å². The molecule has 0 spiro atoms. The van der Waals surface area contributed by atoms with Gasteiger partial charge in [0.25, 0.3) is 0 Å². The van der Waals surface area contributed by atoms with E-state index in [-0.39, 0.29) is 17.2 Å². The van der Waals surface area contributed by atoms with Crippen molar-refractivity contribution < 1.29 is 13.6 Å². The number of furan rings is 2. The molecule has 11 heteroatoms. The van der Waals surface area contributed by atoms with Gasteiger partial charge in [0, 0.05) is 22.5 Å². The van der Waals surface area contributed by atoms with Crippen molar-refractivity contribution in [1.29, 1.82) is 0 Å². The highest BCUT2D eigenvalue weighted by molar-refractivity contribution is 7.19. The molecule has 4 N–H and O–H groups in total. The van der Waals surface area contributed by atoms with Crippen LogP contribution in [-0.4, -0.2) is 25.7 Å². The fourth-order valence-electron chi connectivity index (χ4n) is 4.14. The van der Waals surface area contributed by atoms with Gasteiger partial charge in [0.05, 0.1) is 22.3 Å². The Kier molecular flexibility index (Phi) is 5.86. The minimum atomic E-state index is -0.350. The van der Waals surface area contributed by atoms with Gasteiger partial charge >= 0.3 is 0 Å². The highest BCUT2D eigenvalue weighted by atomic mass is 32.1. The van der Waals surface area contributed by atoms with Gasteiger partial charge in [-0.1, -0.05) is 22.7 Å². The molecule has 6 aromatic heterocycles. The molecule has 0 saturated carbocycles. The zero-order chi connectivity index (χ0) is 26.4. The lowest BCUT2D eigenvalue weighted by Crippen LogP contribution is -2.11. The monoisotopic (exact) mass is 540 g/mol. The molecular weight excluding hydrogens is 520 g/mol. The van der Waals surface area contributed by atoms with Crippen LogP contribution in [0.5, 0.6) is 0 Å². The molecule has 6 rings (SSSR count). The fourth-order valence-corrected chi connectivity index (χ4v) is 5.86. The number of anilines is 2. The Morgan fingerprint density at radius 1 is 0.684 bits per heavy atom. The molecule has 0 atom stereocenters. The molecule has 6 heterocycles. The maximum absolute atomic E-state index is 14.3. The van der Waals surface area contributed by atoms with Crippen LogP contribution in [0.3, 0.4) is 0 Å². The second kappa shape index (κ2) is 9.36. The molecule has 0 saturated heterocycles. The number of aromatic nitrogens is 4. The summed E-state index contributed by atoms with van der Waals surface area (Å²) in [6.45, 7) is 3.66. The smallest absolute Gasteiger partial charge is 0.230 e. The van der Waals surface area contributed by atoms with Gasteiger partial charge in [0.15, 0.2) is 21.8 Å². The van der Waals surface area contributed by atoms with Gasteiger partial charge in [0.2, 0.25) is 5.78 Å². The Morgan fingerprint density at radius 3 is 1.53 bits per heavy atom. The van der Waals surface area contributed by atoms with E-state index in [4.69, 9.17) is 20.3 Å². The number of carbonyl (C=O) groups is 1. The number of nitrogen functional groups attached to an aromatic ring is 2. The van der Waals surface area contributed by atoms with Crippen molar-refractivity contribution in [2.24, 2.45) is 0 Å². The van der Waals surface area contributed by atoms with Gasteiger partial charge in [-0.2, -0.15) is 0 Å². The molecule has 0 aliphatic rings. The standard InChI is InChI=1S/C27H20N6O3S2/c1-13-7-9-15(24-21(32-26(28)37-24)17-5-3-11-35-17)19(30-13)23(34)20-16(10-8-14(2)31-20)25-22(33-27(29)38-25)18-6-4-12-36-18/h3-12H,1-2H3,(H2,28,32)(H2,29,33). The maximum Gasteiger partial charge on any atom is 0.230 e. The molecule has 0 unspecified atom stereocenters. The number of pyridine rings is 2. The number of nitrogens with two attached hydrogens (primary N) is 2. The first kappa shape index (κ1) is 23.8. The van der Waals surface area contributed by atoms with E-state index in [2.05, 4.69) is 19.9 Å². The fraction of sp³-hybridized carbons (Fsp3) is 0.0741. The first-order chi connectivity index (χ1) is 18.4. The van der Waals surface area contributed by atoms with Crippen LogP contribution in [0.1, 0.15) is 27.6 Å². The molecule has 188 valence electrons. The molecule has 9 nitrogen and oxygen atoms in total. The third kappa shape index (κ3) is 4.17. The van der Waals surface area contributed by atoms with Crippen molar-refractivity contribution in [3.05, 3.63) is 83.8 Å². The van der Waals surface area contributed by atoms with Gasteiger partial charge in [0.1, 0.15) is 22.8 Å². The Morgan fingerprint density at radius 2 is 1.13 bits per heavy atom. The van der Waals surface area contributed by atoms with Crippen molar-refractivity contribution in [2.45, 2.75) is 13.8 Å². The van der Waals surface area contributed by atoms with Crippen molar-refractivity contribution in [3.63, 3.8) is 0 Å². The van der Waals surface area contributed by atoms with Gasteiger partial charge in [-0.05, 0) is 62.4 Å². The SMILES string of the molecule is Cc1ccc(-c2sc(N)nc2-c2ccco2)c(C(=O)c2nc(C)ccc2-c2sc(N)nc2-c2ccco2)n1. The van der Waals surface area contributed by atoms with Gasteiger partial charge in [-0.15, -0.1) is 0 Å². The number of hydrogen-bond acceptors (Lipinski definition) is 11. The normalized spacial score (nSPS) is 11.2. The van der Waals surface area contributed by atoms with E-state index >= 15 is 0 Å². The average molecular weight is 541 g/mol. The summed E-state index contributed by atoms with van der Waals surface area (Å²) in [5.74, 6) is 0.742. The summed E-state index contributed by atoms with van der Waals surface area (Å²) >= 11 is 2.53. The van der Waals surface area contributed by atoms with Crippen LogP contribution in [-0.2, 0) is 0 Å². The molecule has 0 radical (unpaired) electrons. The highest BCUT2D eigenvalue weighted by Gasteiger charge is 2.28.